The monoisotopic (exact) mass is 540 g/mol. The number of hydrogen-bond acceptors (Lipinski definition) is 4. The Morgan fingerprint density at radius 1 is 1.00 bits per heavy atom. The number of urea groups is 1. The van der Waals surface area contributed by atoms with Crippen LogP contribution in [0.2, 0.25) is 0 Å². The Morgan fingerprint density at radius 2 is 1.59 bits per heavy atom. The molecule has 37 heavy (non-hydrogen) atoms. The molecule has 1 fully saturated rings. The Kier molecular flexibility index (Phi) is 8.85. The number of anilines is 1. The Morgan fingerprint density at radius 3 is 2.16 bits per heavy atom. The molecular formula is C25H31F3N4O4S. The van der Waals surface area contributed by atoms with Gasteiger partial charge in [-0.25, -0.2) is 13.2 Å². The first-order valence-electron chi connectivity index (χ1n) is 11.9. The van der Waals surface area contributed by atoms with Crippen molar-refractivity contribution < 1.29 is 31.2 Å². The van der Waals surface area contributed by atoms with Gasteiger partial charge >= 0.3 is 12.2 Å². The van der Waals surface area contributed by atoms with Gasteiger partial charge in [-0.05, 0) is 43.2 Å². The van der Waals surface area contributed by atoms with Crippen molar-refractivity contribution in [1.29, 1.82) is 0 Å². The zero-order chi connectivity index (χ0) is 27.4. The summed E-state index contributed by atoms with van der Waals surface area (Å²) in [6.45, 7) is 6.11. The molecule has 3 amide bonds. The maximum absolute atomic E-state index is 13.3. The molecule has 1 saturated heterocycles. The second-order valence-corrected chi connectivity index (χ2v) is 10.8. The van der Waals surface area contributed by atoms with Crippen molar-refractivity contribution in [3.05, 3.63) is 59.7 Å². The highest BCUT2D eigenvalue weighted by atomic mass is 32.2. The standard InChI is InChI=1S/C25H31F3N4O4S/c1-4-18(3)22(30-37(35,36)21-10-8-17(2)9-11-21)23(33)31-12-14-32(15-13-31)24(34)29-20-7-5-6-19(16-20)25(26,27)28/h5-11,16,18,22,30H,4,12-15H2,1-3H3,(H,29,34). The van der Waals surface area contributed by atoms with Gasteiger partial charge in [-0.2, -0.15) is 17.9 Å². The van der Waals surface area contributed by atoms with E-state index in [1.807, 2.05) is 13.8 Å². The quantitative estimate of drug-likeness (QED) is 0.553. The third kappa shape index (κ3) is 7.22. The van der Waals surface area contributed by atoms with E-state index >= 15 is 0 Å². The first-order valence-corrected chi connectivity index (χ1v) is 13.4. The maximum Gasteiger partial charge on any atom is 0.416 e. The van der Waals surface area contributed by atoms with Gasteiger partial charge in [0.25, 0.3) is 0 Å². The second-order valence-electron chi connectivity index (χ2n) is 9.12. The Bertz CT molecular complexity index is 1210. The molecular weight excluding hydrogens is 509 g/mol. The van der Waals surface area contributed by atoms with Crippen LogP contribution in [0.1, 0.15) is 31.4 Å². The Hall–Kier alpha value is -3.12. The number of hydrogen-bond donors (Lipinski definition) is 2. The van der Waals surface area contributed by atoms with Crippen molar-refractivity contribution in [2.75, 3.05) is 31.5 Å². The third-order valence-electron chi connectivity index (χ3n) is 6.41. The summed E-state index contributed by atoms with van der Waals surface area (Å²) >= 11 is 0. The van der Waals surface area contributed by atoms with E-state index in [1.54, 1.807) is 19.1 Å². The van der Waals surface area contributed by atoms with Gasteiger partial charge < -0.3 is 15.1 Å². The van der Waals surface area contributed by atoms with Gasteiger partial charge in [-0.3, -0.25) is 4.79 Å². The van der Waals surface area contributed by atoms with Gasteiger partial charge in [0.2, 0.25) is 15.9 Å². The van der Waals surface area contributed by atoms with Gasteiger partial charge in [0.05, 0.1) is 10.5 Å². The van der Waals surface area contributed by atoms with Crippen LogP contribution in [-0.2, 0) is 21.0 Å². The number of alkyl halides is 3. The van der Waals surface area contributed by atoms with Crippen LogP contribution in [0.3, 0.4) is 0 Å². The molecule has 1 aliphatic rings. The van der Waals surface area contributed by atoms with Crippen LogP contribution >= 0.6 is 0 Å². The van der Waals surface area contributed by atoms with E-state index in [-0.39, 0.29) is 48.6 Å². The minimum Gasteiger partial charge on any atom is -0.338 e. The van der Waals surface area contributed by atoms with Crippen molar-refractivity contribution in [1.82, 2.24) is 14.5 Å². The molecule has 0 aromatic heterocycles. The zero-order valence-electron chi connectivity index (χ0n) is 20.9. The normalized spacial score (nSPS) is 16.3. The zero-order valence-corrected chi connectivity index (χ0v) is 21.7. The van der Waals surface area contributed by atoms with Crippen LogP contribution in [0, 0.1) is 12.8 Å². The highest BCUT2D eigenvalue weighted by Gasteiger charge is 2.35. The summed E-state index contributed by atoms with van der Waals surface area (Å²) in [5.74, 6) is -0.669. The minimum atomic E-state index is -4.53. The minimum absolute atomic E-state index is 0.0145. The van der Waals surface area contributed by atoms with E-state index in [0.29, 0.717) is 6.42 Å². The molecule has 0 spiro atoms. The first-order chi connectivity index (χ1) is 17.3. The predicted octanol–water partition coefficient (Wildman–Crippen LogP) is 4.08. The predicted molar refractivity (Wildman–Crippen MR) is 133 cm³/mol. The average molecular weight is 541 g/mol. The molecule has 0 saturated carbocycles. The van der Waals surface area contributed by atoms with Crippen molar-refractivity contribution in [2.24, 2.45) is 5.92 Å². The molecule has 2 atom stereocenters. The summed E-state index contributed by atoms with van der Waals surface area (Å²) in [5, 5.41) is 2.46. The number of sulfonamides is 1. The average Bonchev–Trinajstić information content (AvgIpc) is 2.86. The summed E-state index contributed by atoms with van der Waals surface area (Å²) < 4.78 is 67.3. The molecule has 3 rings (SSSR count). The van der Waals surface area contributed by atoms with Crippen LogP contribution in [0.25, 0.3) is 0 Å². The number of halogens is 3. The number of amides is 3. The van der Waals surface area contributed by atoms with Crippen LogP contribution < -0.4 is 10.0 Å². The molecule has 2 aromatic rings. The number of rotatable bonds is 7. The van der Waals surface area contributed by atoms with E-state index in [2.05, 4.69) is 10.0 Å². The van der Waals surface area contributed by atoms with Crippen molar-refractivity contribution in [3.8, 4) is 0 Å². The summed E-state index contributed by atoms with van der Waals surface area (Å²) in [4.78, 5) is 28.9. The fourth-order valence-corrected chi connectivity index (χ4v) is 5.20. The SMILES string of the molecule is CCC(C)C(NS(=O)(=O)c1ccc(C)cc1)C(=O)N1CCN(C(=O)Nc2cccc(C(F)(F)F)c2)CC1. The van der Waals surface area contributed by atoms with Crippen molar-refractivity contribution >= 4 is 27.6 Å². The van der Waals surface area contributed by atoms with Crippen LogP contribution in [0.4, 0.5) is 23.7 Å². The largest absolute Gasteiger partial charge is 0.416 e. The van der Waals surface area contributed by atoms with Gasteiger partial charge in [-0.15, -0.1) is 0 Å². The lowest BCUT2D eigenvalue weighted by molar-refractivity contribution is -0.137. The molecule has 12 heteroatoms. The molecule has 202 valence electrons. The maximum atomic E-state index is 13.3. The number of nitrogens with zero attached hydrogens (tertiary/aromatic N) is 2. The number of benzene rings is 2. The molecule has 1 heterocycles. The number of aryl methyl sites for hydroxylation is 1. The third-order valence-corrected chi connectivity index (χ3v) is 7.87. The van der Waals surface area contributed by atoms with E-state index in [9.17, 15) is 31.2 Å². The summed E-state index contributed by atoms with van der Waals surface area (Å²) in [6.07, 6.45) is -3.97. The van der Waals surface area contributed by atoms with Crippen molar-refractivity contribution in [3.63, 3.8) is 0 Å². The van der Waals surface area contributed by atoms with E-state index in [1.165, 1.54) is 34.1 Å². The summed E-state index contributed by atoms with van der Waals surface area (Å²) in [6, 6.07) is 9.11. The number of carbonyl (C=O) groups is 2. The van der Waals surface area contributed by atoms with Gasteiger partial charge in [0.15, 0.2) is 0 Å². The molecule has 0 radical (unpaired) electrons. The van der Waals surface area contributed by atoms with Crippen LogP contribution in [0.5, 0.6) is 0 Å². The molecule has 1 aliphatic heterocycles. The van der Waals surface area contributed by atoms with E-state index in [0.717, 1.165) is 17.7 Å². The fraction of sp³-hybridized carbons (Fsp3) is 0.440. The first kappa shape index (κ1) is 28.5. The highest BCUT2D eigenvalue weighted by molar-refractivity contribution is 7.89. The lowest BCUT2D eigenvalue weighted by Gasteiger charge is -2.37. The second kappa shape index (κ2) is 11.5. The van der Waals surface area contributed by atoms with Crippen molar-refractivity contribution in [2.45, 2.75) is 44.3 Å². The number of piperazine rings is 1. The number of carbonyl (C=O) groups excluding carboxylic acids is 2. The number of nitrogens with one attached hydrogen (secondary N) is 2. The molecule has 2 aromatic carbocycles. The van der Waals surface area contributed by atoms with Gasteiger partial charge in [-0.1, -0.05) is 44.0 Å². The smallest absolute Gasteiger partial charge is 0.338 e. The van der Waals surface area contributed by atoms with E-state index < -0.39 is 33.8 Å². The van der Waals surface area contributed by atoms with Crippen LogP contribution in [0.15, 0.2) is 53.4 Å². The molecule has 0 aliphatic carbocycles. The van der Waals surface area contributed by atoms with Crippen LogP contribution in [-0.4, -0.2) is 62.4 Å². The Labute approximate surface area is 214 Å². The lowest BCUT2D eigenvalue weighted by Crippen LogP contribution is -2.57. The van der Waals surface area contributed by atoms with Gasteiger partial charge in [0, 0.05) is 31.9 Å². The summed E-state index contributed by atoms with van der Waals surface area (Å²) in [7, 11) is -3.94. The molecule has 8 nitrogen and oxygen atoms in total. The van der Waals surface area contributed by atoms with E-state index in [4.69, 9.17) is 0 Å². The Balaban J connectivity index is 1.64. The topological polar surface area (TPSA) is 98.8 Å². The fourth-order valence-electron chi connectivity index (χ4n) is 3.90. The molecule has 0 bridgehead atoms. The molecule has 2 N–H and O–H groups in total. The lowest BCUT2D eigenvalue weighted by atomic mass is 9.98. The molecule has 2 unspecified atom stereocenters. The highest BCUT2D eigenvalue weighted by Crippen LogP contribution is 2.30. The summed E-state index contributed by atoms with van der Waals surface area (Å²) in [5.41, 5.74) is 0.0500. The van der Waals surface area contributed by atoms with Gasteiger partial charge in [0.1, 0.15) is 6.04 Å².